The van der Waals surface area contributed by atoms with Crippen molar-refractivity contribution in [2.45, 2.75) is 37.2 Å². The minimum atomic E-state index is -0.167. The van der Waals surface area contributed by atoms with Crippen molar-refractivity contribution in [2.75, 3.05) is 0 Å². The summed E-state index contributed by atoms with van der Waals surface area (Å²) in [6.07, 6.45) is 0.513. The van der Waals surface area contributed by atoms with Crippen molar-refractivity contribution in [3.05, 3.63) is 52.7 Å². The lowest BCUT2D eigenvalue weighted by atomic mass is 10.2. The number of hydrogen-bond acceptors (Lipinski definition) is 5. The van der Waals surface area contributed by atoms with Crippen molar-refractivity contribution in [3.63, 3.8) is 0 Å². The summed E-state index contributed by atoms with van der Waals surface area (Å²) in [5, 5.41) is 9.15. The maximum atomic E-state index is 12.0. The molecule has 25 heavy (non-hydrogen) atoms. The molecule has 2 heterocycles. The lowest BCUT2D eigenvalue weighted by molar-refractivity contribution is -0.118. The first-order valence-electron chi connectivity index (χ1n) is 8.00. The van der Waals surface area contributed by atoms with Crippen molar-refractivity contribution < 1.29 is 9.21 Å². The van der Waals surface area contributed by atoms with E-state index in [1.165, 1.54) is 11.8 Å². The van der Waals surface area contributed by atoms with Gasteiger partial charge in [0.2, 0.25) is 5.82 Å². The molecule has 0 spiro atoms. The third-order valence-electron chi connectivity index (χ3n) is 3.78. The number of ketones is 1. The van der Waals surface area contributed by atoms with E-state index in [1.54, 1.807) is 0 Å². The number of carbonyl (C=O) groups is 1. The number of carbonyl (C=O) groups excluding carboxylic acids is 1. The van der Waals surface area contributed by atoms with Gasteiger partial charge in [-0.25, -0.2) is 0 Å². The number of furan rings is 1. The van der Waals surface area contributed by atoms with Crippen LogP contribution in [0.2, 0.25) is 0 Å². The quantitative estimate of drug-likeness (QED) is 0.514. The van der Waals surface area contributed by atoms with Crippen LogP contribution in [-0.4, -0.2) is 25.8 Å². The fourth-order valence-electron chi connectivity index (χ4n) is 2.41. The molecule has 0 N–H and O–H groups in total. The first kappa shape index (κ1) is 17.9. The Morgan fingerprint density at radius 3 is 2.64 bits per heavy atom. The molecule has 3 rings (SSSR count). The molecule has 1 aromatic carbocycles. The zero-order chi connectivity index (χ0) is 17.8. The SMILES string of the molecule is CCC(=O)C(C)Sc1nnc(-c2ccc(Br)o2)n1Cc1ccccc1. The average molecular weight is 420 g/mol. The predicted molar refractivity (Wildman–Crippen MR) is 102 cm³/mol. The van der Waals surface area contributed by atoms with Crippen molar-refractivity contribution in [3.8, 4) is 11.6 Å². The third kappa shape index (κ3) is 4.22. The summed E-state index contributed by atoms with van der Waals surface area (Å²) in [6, 6.07) is 13.8. The fourth-order valence-corrected chi connectivity index (χ4v) is 3.70. The number of hydrogen-bond donors (Lipinski definition) is 0. The first-order valence-corrected chi connectivity index (χ1v) is 9.68. The number of aromatic nitrogens is 3. The minimum Gasteiger partial charge on any atom is -0.446 e. The average Bonchev–Trinajstić information content (AvgIpc) is 3.21. The Kier molecular flexibility index (Phi) is 5.75. The summed E-state index contributed by atoms with van der Waals surface area (Å²) >= 11 is 4.75. The van der Waals surface area contributed by atoms with Gasteiger partial charge in [0.15, 0.2) is 15.6 Å². The maximum absolute atomic E-state index is 12.0. The van der Waals surface area contributed by atoms with Crippen LogP contribution in [0.25, 0.3) is 11.6 Å². The monoisotopic (exact) mass is 419 g/mol. The molecule has 0 aliphatic carbocycles. The van der Waals surface area contributed by atoms with E-state index in [4.69, 9.17) is 4.42 Å². The first-order chi connectivity index (χ1) is 12.1. The highest BCUT2D eigenvalue weighted by molar-refractivity contribution is 9.10. The molecule has 3 aromatic rings. The number of rotatable bonds is 7. The van der Waals surface area contributed by atoms with E-state index >= 15 is 0 Å². The van der Waals surface area contributed by atoms with Gasteiger partial charge in [0.1, 0.15) is 5.78 Å². The van der Waals surface area contributed by atoms with Gasteiger partial charge in [-0.05, 0) is 40.5 Å². The topological polar surface area (TPSA) is 60.9 Å². The summed E-state index contributed by atoms with van der Waals surface area (Å²) in [4.78, 5) is 12.0. The Morgan fingerprint density at radius 1 is 1.24 bits per heavy atom. The molecule has 0 radical (unpaired) electrons. The molecule has 0 bridgehead atoms. The molecule has 0 aliphatic rings. The smallest absolute Gasteiger partial charge is 0.200 e. The summed E-state index contributed by atoms with van der Waals surface area (Å²) in [7, 11) is 0. The Balaban J connectivity index is 1.97. The van der Waals surface area contributed by atoms with Crippen molar-refractivity contribution in [1.29, 1.82) is 0 Å². The van der Waals surface area contributed by atoms with Crippen LogP contribution < -0.4 is 0 Å². The molecule has 0 fully saturated rings. The molecule has 5 nitrogen and oxygen atoms in total. The van der Waals surface area contributed by atoms with Gasteiger partial charge in [0.05, 0.1) is 11.8 Å². The van der Waals surface area contributed by atoms with Crippen LogP contribution in [0.4, 0.5) is 0 Å². The normalized spacial score (nSPS) is 12.3. The molecule has 1 atom stereocenters. The van der Waals surface area contributed by atoms with E-state index in [-0.39, 0.29) is 11.0 Å². The molecule has 1 unspecified atom stereocenters. The van der Waals surface area contributed by atoms with Crippen LogP contribution >= 0.6 is 27.7 Å². The van der Waals surface area contributed by atoms with Crippen LogP contribution in [0.15, 0.2) is 56.7 Å². The van der Waals surface area contributed by atoms with Gasteiger partial charge in [-0.3, -0.25) is 9.36 Å². The fraction of sp³-hybridized carbons (Fsp3) is 0.278. The largest absolute Gasteiger partial charge is 0.446 e. The second-order valence-corrected chi connectivity index (χ2v) is 7.65. The Labute approximate surface area is 159 Å². The van der Waals surface area contributed by atoms with E-state index in [2.05, 4.69) is 38.3 Å². The van der Waals surface area contributed by atoms with E-state index in [9.17, 15) is 4.79 Å². The Morgan fingerprint density at radius 2 is 2.00 bits per heavy atom. The molecule has 0 saturated carbocycles. The maximum Gasteiger partial charge on any atom is 0.200 e. The van der Waals surface area contributed by atoms with Crippen LogP contribution in [0.3, 0.4) is 0 Å². The van der Waals surface area contributed by atoms with E-state index in [1.807, 2.05) is 48.7 Å². The summed E-state index contributed by atoms with van der Waals surface area (Å²) in [5.41, 5.74) is 1.13. The van der Waals surface area contributed by atoms with Crippen molar-refractivity contribution >= 4 is 33.5 Å². The van der Waals surface area contributed by atoms with Crippen molar-refractivity contribution in [1.82, 2.24) is 14.8 Å². The van der Waals surface area contributed by atoms with E-state index < -0.39 is 0 Å². The number of benzene rings is 1. The summed E-state index contributed by atoms with van der Waals surface area (Å²) in [5.74, 6) is 1.48. The number of halogens is 1. The predicted octanol–water partition coefficient (Wildman–Crippen LogP) is 4.81. The third-order valence-corrected chi connectivity index (χ3v) is 5.33. The number of thioether (sulfide) groups is 1. The lowest BCUT2D eigenvalue weighted by Crippen LogP contribution is -2.13. The molecule has 2 aromatic heterocycles. The Hall–Kier alpha value is -1.86. The van der Waals surface area contributed by atoms with E-state index in [0.717, 1.165) is 5.56 Å². The van der Waals surface area contributed by atoms with Gasteiger partial charge in [-0.1, -0.05) is 49.0 Å². The molecular weight excluding hydrogens is 402 g/mol. The van der Waals surface area contributed by atoms with Gasteiger partial charge in [0.25, 0.3) is 0 Å². The molecule has 130 valence electrons. The standard InChI is InChI=1S/C18H18BrN3O2S/c1-3-14(23)12(2)25-18-21-20-17(15-9-10-16(19)24-15)22(18)11-13-7-5-4-6-8-13/h4-10,12H,3,11H2,1-2H3. The lowest BCUT2D eigenvalue weighted by Gasteiger charge is -2.12. The second-order valence-electron chi connectivity index (χ2n) is 5.56. The summed E-state index contributed by atoms with van der Waals surface area (Å²) in [6.45, 7) is 4.39. The molecular formula is C18H18BrN3O2S. The molecule has 7 heteroatoms. The van der Waals surface area contributed by atoms with Crippen molar-refractivity contribution in [2.24, 2.45) is 0 Å². The molecule has 0 aliphatic heterocycles. The van der Waals surface area contributed by atoms with Gasteiger partial charge < -0.3 is 4.42 Å². The van der Waals surface area contributed by atoms with Gasteiger partial charge in [-0.2, -0.15) is 0 Å². The van der Waals surface area contributed by atoms with Gasteiger partial charge >= 0.3 is 0 Å². The highest BCUT2D eigenvalue weighted by atomic mass is 79.9. The van der Waals surface area contributed by atoms with Crippen LogP contribution in [0.5, 0.6) is 0 Å². The zero-order valence-electron chi connectivity index (χ0n) is 14.0. The molecule has 0 amide bonds. The molecule has 0 saturated heterocycles. The van der Waals surface area contributed by atoms with Crippen LogP contribution in [-0.2, 0) is 11.3 Å². The van der Waals surface area contributed by atoms with Crippen LogP contribution in [0.1, 0.15) is 25.8 Å². The van der Waals surface area contributed by atoms with E-state index in [0.29, 0.717) is 34.4 Å². The van der Waals surface area contributed by atoms with Crippen LogP contribution in [0, 0.1) is 0 Å². The number of nitrogens with zero attached hydrogens (tertiary/aromatic N) is 3. The van der Waals surface area contributed by atoms with Gasteiger partial charge in [0, 0.05) is 6.42 Å². The zero-order valence-corrected chi connectivity index (χ0v) is 16.4. The van der Waals surface area contributed by atoms with Gasteiger partial charge in [-0.15, -0.1) is 10.2 Å². The highest BCUT2D eigenvalue weighted by Gasteiger charge is 2.21. The second kappa shape index (κ2) is 8.01. The minimum absolute atomic E-state index is 0.167. The number of Topliss-reactive ketones (excluding diaryl/α,β-unsaturated/α-hetero) is 1. The Bertz CT molecular complexity index is 860. The summed E-state index contributed by atoms with van der Waals surface area (Å²) < 4.78 is 8.28. The highest BCUT2D eigenvalue weighted by Crippen LogP contribution is 2.30.